The van der Waals surface area contributed by atoms with Crippen LogP contribution >= 0.6 is 0 Å². The number of methoxy groups -OCH3 is 1. The van der Waals surface area contributed by atoms with Crippen molar-refractivity contribution in [2.45, 2.75) is 27.2 Å². The third-order valence-electron chi connectivity index (χ3n) is 3.84. The smallest absolute Gasteiger partial charge is 0.315 e. The Balaban J connectivity index is 2.44. The van der Waals surface area contributed by atoms with Crippen molar-refractivity contribution in [1.82, 2.24) is 0 Å². The van der Waals surface area contributed by atoms with Crippen LogP contribution in [-0.2, 0) is 16.0 Å². The first-order chi connectivity index (χ1) is 9.40. The van der Waals surface area contributed by atoms with Crippen molar-refractivity contribution in [3.05, 3.63) is 29.3 Å². The summed E-state index contributed by atoms with van der Waals surface area (Å²) in [6, 6.07) is 5.64. The Hall–Kier alpha value is -1.84. The molecule has 4 nitrogen and oxygen atoms in total. The highest BCUT2D eigenvalue weighted by molar-refractivity contribution is 6.12. The van der Waals surface area contributed by atoms with Crippen LogP contribution in [-0.4, -0.2) is 25.4 Å². The fraction of sp³-hybridized carbons (Fsp3) is 0.500. The summed E-state index contributed by atoms with van der Waals surface area (Å²) in [4.78, 5) is 12.2. The number of rotatable bonds is 3. The lowest BCUT2D eigenvalue weighted by Crippen LogP contribution is -2.43. The molecule has 1 aliphatic carbocycles. The van der Waals surface area contributed by atoms with Crippen molar-refractivity contribution in [2.75, 3.05) is 13.7 Å². The summed E-state index contributed by atoms with van der Waals surface area (Å²) in [6.07, 6.45) is 0.728. The lowest BCUT2D eigenvalue weighted by Gasteiger charge is -2.38. The zero-order chi connectivity index (χ0) is 14.9. The van der Waals surface area contributed by atoms with Gasteiger partial charge in [-0.1, -0.05) is 13.8 Å². The maximum atomic E-state index is 12.2. The highest BCUT2D eigenvalue weighted by Crippen LogP contribution is 2.41. The Bertz CT molecular complexity index is 549. The quantitative estimate of drug-likeness (QED) is 0.863. The molecule has 0 amide bonds. The van der Waals surface area contributed by atoms with Gasteiger partial charge in [0, 0.05) is 0 Å². The van der Waals surface area contributed by atoms with E-state index in [9.17, 15) is 4.79 Å². The monoisotopic (exact) mass is 275 g/mol. The Morgan fingerprint density at radius 1 is 1.45 bits per heavy atom. The molecule has 1 N–H and O–H groups in total. The summed E-state index contributed by atoms with van der Waals surface area (Å²) in [5.41, 5.74) is 1.89. The third-order valence-corrected chi connectivity index (χ3v) is 3.84. The van der Waals surface area contributed by atoms with Gasteiger partial charge < -0.3 is 14.9 Å². The number of ether oxygens (including phenoxy) is 2. The van der Waals surface area contributed by atoms with Crippen molar-refractivity contribution in [3.63, 3.8) is 0 Å². The number of carbonyl (C=O) groups excluding carboxylic acids is 1. The van der Waals surface area contributed by atoms with Crippen LogP contribution in [0.25, 0.3) is 0 Å². The van der Waals surface area contributed by atoms with E-state index in [2.05, 4.69) is 0 Å². The first-order valence-corrected chi connectivity index (χ1v) is 6.83. The number of hydrogen-bond donors (Lipinski definition) is 1. The summed E-state index contributed by atoms with van der Waals surface area (Å²) in [5.74, 6) is -0.0331. The molecule has 0 heterocycles. The first-order valence-electron chi connectivity index (χ1n) is 6.83. The lowest BCUT2D eigenvalue weighted by atomic mass is 9.65. The predicted octanol–water partition coefficient (Wildman–Crippen LogP) is 2.82. The number of esters is 1. The van der Waals surface area contributed by atoms with Crippen LogP contribution in [0.5, 0.6) is 5.75 Å². The molecule has 108 valence electrons. The predicted molar refractivity (Wildman–Crippen MR) is 77.4 cm³/mol. The number of hydrogen-bond acceptors (Lipinski definition) is 4. The second-order valence-electron chi connectivity index (χ2n) is 5.79. The first kappa shape index (κ1) is 14.6. The second-order valence-corrected chi connectivity index (χ2v) is 5.79. The molecule has 1 aliphatic rings. The number of fused-ring (bicyclic) bond motifs is 1. The molecule has 1 aromatic carbocycles. The van der Waals surface area contributed by atoms with Gasteiger partial charge in [0.25, 0.3) is 0 Å². The molecule has 1 aromatic rings. The van der Waals surface area contributed by atoms with Crippen LogP contribution in [0, 0.1) is 16.7 Å². The van der Waals surface area contributed by atoms with Gasteiger partial charge >= 0.3 is 5.97 Å². The van der Waals surface area contributed by atoms with E-state index in [4.69, 9.17) is 14.9 Å². The van der Waals surface area contributed by atoms with Gasteiger partial charge in [0.15, 0.2) is 0 Å². The van der Waals surface area contributed by atoms with Gasteiger partial charge in [-0.25, -0.2) is 0 Å². The molecule has 2 rings (SSSR count). The molecule has 0 saturated carbocycles. The van der Waals surface area contributed by atoms with E-state index >= 15 is 0 Å². The van der Waals surface area contributed by atoms with E-state index in [1.165, 1.54) is 0 Å². The minimum absolute atomic E-state index is 0.302. The van der Waals surface area contributed by atoms with Crippen molar-refractivity contribution < 1.29 is 14.3 Å². The van der Waals surface area contributed by atoms with E-state index in [-0.39, 0.29) is 11.4 Å². The average molecular weight is 275 g/mol. The lowest BCUT2D eigenvalue weighted by molar-refractivity contribution is -0.148. The summed E-state index contributed by atoms with van der Waals surface area (Å²) < 4.78 is 10.4. The van der Waals surface area contributed by atoms with E-state index in [1.807, 2.05) is 32.0 Å². The molecular weight excluding hydrogens is 254 g/mol. The van der Waals surface area contributed by atoms with Gasteiger partial charge in [-0.3, -0.25) is 4.79 Å². The maximum Gasteiger partial charge on any atom is 0.315 e. The Kier molecular flexibility index (Phi) is 3.84. The standard InChI is InChI=1S/C16H21NO3/c1-5-20-15(18)13-14(17)12-7-6-11(19-4)8-10(12)9-16(13,2)3/h6-8,13,17H,5,9H2,1-4H3. The fourth-order valence-corrected chi connectivity index (χ4v) is 2.91. The molecule has 0 saturated heterocycles. The van der Waals surface area contributed by atoms with E-state index < -0.39 is 5.92 Å². The van der Waals surface area contributed by atoms with Gasteiger partial charge in [0.05, 0.1) is 19.4 Å². The van der Waals surface area contributed by atoms with Crippen LogP contribution in [0.15, 0.2) is 18.2 Å². The maximum absolute atomic E-state index is 12.2. The topological polar surface area (TPSA) is 59.4 Å². The zero-order valence-electron chi connectivity index (χ0n) is 12.4. The van der Waals surface area contributed by atoms with Gasteiger partial charge in [-0.15, -0.1) is 0 Å². The second kappa shape index (κ2) is 5.27. The molecule has 4 heteroatoms. The molecule has 1 unspecified atom stereocenters. The third kappa shape index (κ3) is 2.42. The SMILES string of the molecule is CCOC(=O)C1C(=N)c2ccc(OC)cc2CC1(C)C. The van der Waals surface area contributed by atoms with Crippen molar-refractivity contribution in [1.29, 1.82) is 5.41 Å². The summed E-state index contributed by atoms with van der Waals surface area (Å²) in [6.45, 7) is 6.14. The highest BCUT2D eigenvalue weighted by atomic mass is 16.5. The van der Waals surface area contributed by atoms with E-state index in [0.717, 1.165) is 23.3 Å². The summed E-state index contributed by atoms with van der Waals surface area (Å²) >= 11 is 0. The highest BCUT2D eigenvalue weighted by Gasteiger charge is 2.44. The van der Waals surface area contributed by atoms with Crippen LogP contribution < -0.4 is 4.74 Å². The average Bonchev–Trinajstić information content (AvgIpc) is 2.37. The van der Waals surface area contributed by atoms with E-state index in [0.29, 0.717) is 12.3 Å². The molecule has 0 aromatic heterocycles. The van der Waals surface area contributed by atoms with Crippen molar-refractivity contribution >= 4 is 11.7 Å². The van der Waals surface area contributed by atoms with Gasteiger partial charge in [0.1, 0.15) is 11.7 Å². The molecule has 0 radical (unpaired) electrons. The molecule has 0 spiro atoms. The molecule has 0 bridgehead atoms. The Morgan fingerprint density at radius 2 is 2.15 bits per heavy atom. The van der Waals surface area contributed by atoms with Gasteiger partial charge in [-0.2, -0.15) is 0 Å². The van der Waals surface area contributed by atoms with Crippen LogP contribution in [0.4, 0.5) is 0 Å². The van der Waals surface area contributed by atoms with E-state index in [1.54, 1.807) is 14.0 Å². The van der Waals surface area contributed by atoms with Gasteiger partial charge in [0.2, 0.25) is 0 Å². The molecule has 0 aliphatic heterocycles. The van der Waals surface area contributed by atoms with Crippen molar-refractivity contribution in [3.8, 4) is 5.75 Å². The number of carbonyl (C=O) groups is 1. The minimum atomic E-state index is -0.511. The largest absolute Gasteiger partial charge is 0.497 e. The number of nitrogens with one attached hydrogen (secondary N) is 1. The minimum Gasteiger partial charge on any atom is -0.497 e. The molecular formula is C16H21NO3. The molecule has 20 heavy (non-hydrogen) atoms. The number of benzene rings is 1. The van der Waals surface area contributed by atoms with Crippen molar-refractivity contribution in [2.24, 2.45) is 11.3 Å². The molecule has 0 fully saturated rings. The van der Waals surface area contributed by atoms with Gasteiger partial charge in [-0.05, 0) is 48.1 Å². The zero-order valence-corrected chi connectivity index (χ0v) is 12.4. The van der Waals surface area contributed by atoms with Crippen LogP contribution in [0.2, 0.25) is 0 Å². The summed E-state index contributed by atoms with van der Waals surface area (Å²) in [7, 11) is 1.63. The fourth-order valence-electron chi connectivity index (χ4n) is 2.91. The molecule has 1 atom stereocenters. The Morgan fingerprint density at radius 3 is 2.75 bits per heavy atom. The summed E-state index contributed by atoms with van der Waals surface area (Å²) in [5, 5.41) is 8.38. The van der Waals surface area contributed by atoms with Crippen LogP contribution in [0.1, 0.15) is 31.9 Å². The van der Waals surface area contributed by atoms with Crippen LogP contribution in [0.3, 0.4) is 0 Å². The Labute approximate surface area is 119 Å². The normalized spacial score (nSPS) is 20.2.